The molecule has 13 heteroatoms. The monoisotopic (exact) mass is 723 g/mol. The van der Waals surface area contributed by atoms with Crippen LogP contribution in [-0.2, 0) is 0 Å². The van der Waals surface area contributed by atoms with Crippen LogP contribution in [0.1, 0.15) is 90.0 Å². The van der Waals surface area contributed by atoms with Crippen molar-refractivity contribution in [2.24, 2.45) is 44.5 Å². The van der Waals surface area contributed by atoms with E-state index in [9.17, 15) is 0 Å². The maximum absolute atomic E-state index is 5.82. The second-order valence-electron chi connectivity index (χ2n) is 13.2. The minimum Gasteiger partial charge on any atom is -1.00 e. The molecule has 1 rings (SSSR count). The SMILES string of the molecule is CCN1P(NCC(C)C)(NCC(C)C)=NP(NCC(C)C)(=[NH+]CC(C)C)N=P1(NCC(C)C)NCC(C)C.[I-]. The fourth-order valence-electron chi connectivity index (χ4n) is 3.69. The molecule has 1 heterocycles. The predicted octanol–water partition coefficient (Wildman–Crippen LogP) is 3.13. The topological polar surface area (TPSA) is 102 Å². The van der Waals surface area contributed by atoms with Crippen LogP contribution < -0.4 is 54.2 Å². The first-order chi connectivity index (χ1) is 17.6. The van der Waals surface area contributed by atoms with E-state index in [1.165, 1.54) is 0 Å². The molecule has 0 spiro atoms. The van der Waals surface area contributed by atoms with Gasteiger partial charge in [-0.05, 0) is 29.6 Å². The Hall–Kier alpha value is 1.18. The zero-order valence-electron chi connectivity index (χ0n) is 27.5. The molecule has 1 aliphatic heterocycles. The zero-order valence-corrected chi connectivity index (χ0v) is 32.3. The Kier molecular flexibility index (Phi) is 19.3. The van der Waals surface area contributed by atoms with Crippen molar-refractivity contribution in [1.82, 2.24) is 29.9 Å². The van der Waals surface area contributed by atoms with E-state index in [0.717, 1.165) is 45.8 Å². The molecule has 0 unspecified atom stereocenters. The van der Waals surface area contributed by atoms with Crippen LogP contribution in [0.2, 0.25) is 0 Å². The number of halogens is 1. The molecular formula is C26H65IN9P3. The molecule has 0 aromatic carbocycles. The van der Waals surface area contributed by atoms with Crippen LogP contribution in [-0.4, -0.2) is 50.3 Å². The highest BCUT2D eigenvalue weighted by Crippen LogP contribution is 2.73. The molecule has 0 fully saturated rings. The molecule has 39 heavy (non-hydrogen) atoms. The van der Waals surface area contributed by atoms with Gasteiger partial charge in [-0.15, -0.1) is 9.03 Å². The lowest BCUT2D eigenvalue weighted by Gasteiger charge is -2.48. The van der Waals surface area contributed by atoms with Gasteiger partial charge in [0.05, 0.1) is 0 Å². The van der Waals surface area contributed by atoms with Crippen molar-refractivity contribution in [2.45, 2.75) is 90.0 Å². The van der Waals surface area contributed by atoms with Crippen molar-refractivity contribution in [1.29, 1.82) is 0 Å². The molecule has 236 valence electrons. The van der Waals surface area contributed by atoms with Crippen molar-refractivity contribution in [3.05, 3.63) is 0 Å². The van der Waals surface area contributed by atoms with E-state index >= 15 is 0 Å². The van der Waals surface area contributed by atoms with Gasteiger partial charge in [0.15, 0.2) is 15.0 Å². The third-order valence-corrected chi connectivity index (χ3v) is 17.1. The second kappa shape index (κ2) is 18.8. The smallest absolute Gasteiger partial charge is 0.401 e. The number of hydrogen-bond donors (Lipinski definition) is 6. The van der Waals surface area contributed by atoms with E-state index in [4.69, 9.17) is 9.03 Å². The fourth-order valence-corrected chi connectivity index (χ4v) is 18.3. The van der Waals surface area contributed by atoms with Crippen molar-refractivity contribution < 1.29 is 28.7 Å². The van der Waals surface area contributed by atoms with Crippen LogP contribution in [0.4, 0.5) is 0 Å². The van der Waals surface area contributed by atoms with Gasteiger partial charge in [-0.3, -0.25) is 20.3 Å². The summed E-state index contributed by atoms with van der Waals surface area (Å²) in [7, 11) is -7.23. The second-order valence-corrected chi connectivity index (χ2v) is 21.4. The summed E-state index contributed by atoms with van der Waals surface area (Å²) in [6, 6.07) is 0. The molecule has 0 atom stereocenters. The van der Waals surface area contributed by atoms with E-state index in [1.807, 2.05) is 0 Å². The highest BCUT2D eigenvalue weighted by atomic mass is 127. The lowest BCUT2D eigenvalue weighted by molar-refractivity contribution is -0.445. The van der Waals surface area contributed by atoms with Crippen LogP contribution in [0.15, 0.2) is 9.03 Å². The lowest BCUT2D eigenvalue weighted by atomic mass is 10.2. The van der Waals surface area contributed by atoms with Crippen molar-refractivity contribution in [3.63, 3.8) is 0 Å². The highest BCUT2D eigenvalue weighted by molar-refractivity contribution is 7.84. The van der Waals surface area contributed by atoms with Gasteiger partial charge in [0.1, 0.15) is 6.54 Å². The Morgan fingerprint density at radius 1 is 0.538 bits per heavy atom. The van der Waals surface area contributed by atoms with E-state index in [0.29, 0.717) is 35.5 Å². The minimum atomic E-state index is -2.47. The molecule has 6 N–H and O–H groups in total. The van der Waals surface area contributed by atoms with Gasteiger partial charge in [0.2, 0.25) is 0 Å². The molecule has 0 aliphatic carbocycles. The molecular weight excluding hydrogens is 658 g/mol. The number of nitrogens with one attached hydrogen (secondary N) is 6. The van der Waals surface area contributed by atoms with Gasteiger partial charge >= 0.3 is 7.51 Å². The first-order valence-electron chi connectivity index (χ1n) is 15.1. The summed E-state index contributed by atoms with van der Waals surface area (Å²) in [5.74, 6) is 3.06. The minimum absolute atomic E-state index is 0. The standard InChI is InChI=1S/C26H64N9P3.HI/c1-14-35-37(29-17-23(6)7,30-18-24(8)9)33-36(27-15-21(2)3,28-16-22(4)5)34-38(35,31-19-25(10)11)32-20-26(12)13;/h21-26,29-32H,14-20H2,1-13H3,(H,27,28);1H. The van der Waals surface area contributed by atoms with Crippen molar-refractivity contribution in [3.8, 4) is 0 Å². The Morgan fingerprint density at radius 2 is 0.846 bits per heavy atom. The molecule has 1 aliphatic rings. The van der Waals surface area contributed by atoms with E-state index in [1.54, 1.807) is 0 Å². The largest absolute Gasteiger partial charge is 1.00 e. The normalized spacial score (nSPS) is 18.6. The summed E-state index contributed by atoms with van der Waals surface area (Å²) in [4.78, 5) is 0. The number of rotatable bonds is 18. The van der Waals surface area contributed by atoms with Gasteiger partial charge in [-0.1, -0.05) is 90.0 Å². The summed E-state index contributed by atoms with van der Waals surface area (Å²) in [5, 5.41) is 20.1. The third-order valence-electron chi connectivity index (χ3n) is 5.79. The Balaban J connectivity index is 0.0000144. The van der Waals surface area contributed by atoms with Crippen LogP contribution in [0, 0.1) is 35.5 Å². The molecule has 0 aromatic heterocycles. The van der Waals surface area contributed by atoms with E-state index in [-0.39, 0.29) is 24.0 Å². The molecule has 0 bridgehead atoms. The lowest BCUT2D eigenvalue weighted by Crippen LogP contribution is -3.00. The average molecular weight is 724 g/mol. The Bertz CT molecular complexity index is 774. The van der Waals surface area contributed by atoms with Gasteiger partial charge in [0, 0.05) is 45.2 Å². The average Bonchev–Trinajstić information content (AvgIpc) is 2.81. The van der Waals surface area contributed by atoms with Gasteiger partial charge in [-0.25, -0.2) is 9.83 Å². The third kappa shape index (κ3) is 13.6. The van der Waals surface area contributed by atoms with E-state index < -0.39 is 22.5 Å². The molecule has 0 saturated heterocycles. The van der Waals surface area contributed by atoms with Crippen molar-refractivity contribution >= 4 is 22.5 Å². The zero-order chi connectivity index (χ0) is 29.1. The maximum Gasteiger partial charge on any atom is 0.401 e. The predicted molar refractivity (Wildman–Crippen MR) is 173 cm³/mol. The van der Waals surface area contributed by atoms with E-state index in [2.05, 4.69) is 125 Å². The first-order valence-corrected chi connectivity index (χ1v) is 20.1. The van der Waals surface area contributed by atoms with Crippen LogP contribution >= 0.6 is 22.5 Å². The fraction of sp³-hybridized carbons (Fsp3) is 1.00. The molecule has 0 radical (unpaired) electrons. The summed E-state index contributed by atoms with van der Waals surface area (Å²) >= 11 is 0. The molecule has 0 saturated carbocycles. The Labute approximate surface area is 260 Å². The van der Waals surface area contributed by atoms with Gasteiger partial charge < -0.3 is 24.0 Å². The van der Waals surface area contributed by atoms with Gasteiger partial charge in [-0.2, -0.15) is 4.44 Å². The van der Waals surface area contributed by atoms with Crippen molar-refractivity contribution in [2.75, 3.05) is 45.8 Å². The van der Waals surface area contributed by atoms with Crippen LogP contribution in [0.5, 0.6) is 0 Å². The summed E-state index contributed by atoms with van der Waals surface area (Å²) in [5.41, 5.74) is 0. The highest BCUT2D eigenvalue weighted by Gasteiger charge is 2.48. The maximum atomic E-state index is 5.82. The summed E-state index contributed by atoms with van der Waals surface area (Å²) in [6.07, 6.45) is 0. The molecule has 0 amide bonds. The first kappa shape index (κ1) is 40.2. The number of hydrogen-bond acceptors (Lipinski definition) is 5. The molecule has 9 nitrogen and oxygen atoms in total. The summed E-state index contributed by atoms with van der Waals surface area (Å²) < 4.78 is 18.2. The van der Waals surface area contributed by atoms with Gasteiger partial charge in [0.25, 0.3) is 0 Å². The van der Waals surface area contributed by atoms with Crippen LogP contribution in [0.25, 0.3) is 0 Å². The number of nitrogens with zero attached hydrogens (tertiary/aromatic N) is 3. The summed E-state index contributed by atoms with van der Waals surface area (Å²) in [6.45, 7) is 35.8. The quantitative estimate of drug-likeness (QED) is 0.0962. The Morgan fingerprint density at radius 3 is 1.10 bits per heavy atom. The van der Waals surface area contributed by atoms with Crippen LogP contribution in [0.3, 0.4) is 0 Å². The molecule has 0 aromatic rings.